The smallest absolute Gasteiger partial charge is 0.207 e. The third-order valence-electron chi connectivity index (χ3n) is 2.09. The van der Waals surface area contributed by atoms with Crippen LogP contribution in [0.2, 0.25) is 0 Å². The number of hydrogen-bond donors (Lipinski definition) is 3. The van der Waals surface area contributed by atoms with Gasteiger partial charge in [-0.25, -0.2) is 9.98 Å². The summed E-state index contributed by atoms with van der Waals surface area (Å²) in [6.07, 6.45) is -0.109. The molecule has 1 atom stereocenters. The van der Waals surface area contributed by atoms with Crippen molar-refractivity contribution in [3.8, 4) is 0 Å². The fraction of sp³-hybridized carbons (Fsp3) is 0.400. The zero-order valence-electron chi connectivity index (χ0n) is 9.53. The van der Waals surface area contributed by atoms with Crippen molar-refractivity contribution in [2.24, 2.45) is 9.98 Å². The van der Waals surface area contributed by atoms with Crippen LogP contribution in [0.3, 0.4) is 0 Å². The lowest BCUT2D eigenvalue weighted by atomic mass is 10.5. The number of aryl methyl sites for hydroxylation is 1. The molecule has 86 valence electrons. The Morgan fingerprint density at radius 1 is 1.31 bits per heavy atom. The van der Waals surface area contributed by atoms with E-state index < -0.39 is 0 Å². The molecule has 6 heteroatoms. The minimum absolute atomic E-state index is 0.109. The van der Waals surface area contributed by atoms with Crippen LogP contribution in [-0.2, 0) is 0 Å². The van der Waals surface area contributed by atoms with Crippen LogP contribution in [0.4, 0.5) is 5.88 Å². The number of nitrogens with one attached hydrogen (secondary N) is 3. The van der Waals surface area contributed by atoms with Crippen LogP contribution in [0.15, 0.2) is 26.5 Å². The van der Waals surface area contributed by atoms with Gasteiger partial charge >= 0.3 is 0 Å². The highest BCUT2D eigenvalue weighted by Gasteiger charge is 2.12. The first-order valence-electron chi connectivity index (χ1n) is 5.11. The summed E-state index contributed by atoms with van der Waals surface area (Å²) in [7, 11) is 1.80. The second-order valence-electron chi connectivity index (χ2n) is 3.50. The highest BCUT2D eigenvalue weighted by Crippen LogP contribution is 2.12. The molecule has 2 rings (SSSR count). The van der Waals surface area contributed by atoms with E-state index >= 15 is 0 Å². The predicted molar refractivity (Wildman–Crippen MR) is 63.6 cm³/mol. The first-order valence-corrected chi connectivity index (χ1v) is 5.11. The van der Waals surface area contributed by atoms with Crippen LogP contribution < -0.4 is 16.0 Å². The Labute approximate surface area is 93.8 Å². The summed E-state index contributed by atoms with van der Waals surface area (Å²) in [5.74, 6) is 2.83. The van der Waals surface area contributed by atoms with E-state index in [1.54, 1.807) is 7.05 Å². The summed E-state index contributed by atoms with van der Waals surface area (Å²) >= 11 is 0. The van der Waals surface area contributed by atoms with Crippen molar-refractivity contribution in [1.29, 1.82) is 0 Å². The van der Waals surface area contributed by atoms with Gasteiger partial charge in [0.05, 0.1) is 0 Å². The van der Waals surface area contributed by atoms with Gasteiger partial charge in [-0.05, 0) is 19.9 Å². The zero-order valence-corrected chi connectivity index (χ0v) is 9.53. The highest BCUT2D eigenvalue weighted by atomic mass is 16.4. The van der Waals surface area contributed by atoms with Gasteiger partial charge in [-0.3, -0.25) is 10.6 Å². The number of hydrogen-bond acceptors (Lipinski definition) is 6. The number of guanidine groups is 2. The van der Waals surface area contributed by atoms with E-state index in [0.717, 1.165) is 5.76 Å². The van der Waals surface area contributed by atoms with Gasteiger partial charge < -0.3 is 9.73 Å². The fourth-order valence-electron chi connectivity index (χ4n) is 1.39. The van der Waals surface area contributed by atoms with Gasteiger partial charge in [-0.15, -0.1) is 0 Å². The van der Waals surface area contributed by atoms with Crippen LogP contribution in [0.5, 0.6) is 0 Å². The van der Waals surface area contributed by atoms with Gasteiger partial charge in [0, 0.05) is 13.1 Å². The van der Waals surface area contributed by atoms with Crippen LogP contribution in [0.1, 0.15) is 12.7 Å². The number of rotatable bonds is 1. The van der Waals surface area contributed by atoms with E-state index in [-0.39, 0.29) is 6.17 Å². The molecule has 2 heterocycles. The molecule has 0 aliphatic carbocycles. The third kappa shape index (κ3) is 2.33. The molecule has 0 radical (unpaired) electrons. The van der Waals surface area contributed by atoms with Crippen molar-refractivity contribution in [3.63, 3.8) is 0 Å². The molecule has 16 heavy (non-hydrogen) atoms. The lowest BCUT2D eigenvalue weighted by molar-refractivity contribution is 0.551. The quantitative estimate of drug-likeness (QED) is 0.658. The van der Waals surface area contributed by atoms with E-state index in [0.29, 0.717) is 17.8 Å². The molecule has 0 saturated heterocycles. The number of aliphatic imine (C=N–C) groups is 2. The molecule has 0 saturated carbocycles. The van der Waals surface area contributed by atoms with Gasteiger partial charge in [-0.2, -0.15) is 0 Å². The summed E-state index contributed by atoms with van der Waals surface area (Å²) in [5.41, 5.74) is 0. The van der Waals surface area contributed by atoms with E-state index in [2.05, 4.69) is 25.9 Å². The van der Waals surface area contributed by atoms with Crippen molar-refractivity contribution in [3.05, 3.63) is 17.9 Å². The van der Waals surface area contributed by atoms with Crippen molar-refractivity contribution < 1.29 is 4.42 Å². The summed E-state index contributed by atoms with van der Waals surface area (Å²) < 4.78 is 5.40. The van der Waals surface area contributed by atoms with Gasteiger partial charge in [0.25, 0.3) is 0 Å². The van der Waals surface area contributed by atoms with Crippen LogP contribution >= 0.6 is 0 Å². The molecule has 1 aliphatic rings. The molecule has 1 aliphatic heterocycles. The van der Waals surface area contributed by atoms with Gasteiger partial charge in [-0.1, -0.05) is 0 Å². The summed E-state index contributed by atoms with van der Waals surface area (Å²) in [6.45, 7) is 3.80. The zero-order chi connectivity index (χ0) is 11.5. The SMILES string of the molecule is CNC1=NC(C)N=C(Nc2ccc(C)o2)N1. The molecule has 0 fully saturated rings. The van der Waals surface area contributed by atoms with Crippen molar-refractivity contribution >= 4 is 17.8 Å². The number of furan rings is 1. The summed E-state index contributed by atoms with van der Waals surface area (Å²) in [4.78, 5) is 8.53. The molecule has 1 aromatic heterocycles. The molecule has 3 N–H and O–H groups in total. The molecular weight excluding hydrogens is 206 g/mol. The minimum atomic E-state index is -0.109. The maximum atomic E-state index is 5.40. The number of nitrogens with zero attached hydrogens (tertiary/aromatic N) is 2. The highest BCUT2D eigenvalue weighted by molar-refractivity contribution is 6.05. The molecule has 0 spiro atoms. The average molecular weight is 221 g/mol. The molecule has 1 aromatic rings. The van der Waals surface area contributed by atoms with Crippen LogP contribution in [-0.4, -0.2) is 25.1 Å². The lowest BCUT2D eigenvalue weighted by Gasteiger charge is -2.18. The Balaban J connectivity index is 2.06. The third-order valence-corrected chi connectivity index (χ3v) is 2.09. The predicted octanol–water partition coefficient (Wildman–Crippen LogP) is 0.881. The van der Waals surface area contributed by atoms with Crippen LogP contribution in [0, 0.1) is 6.92 Å². The molecule has 0 aromatic carbocycles. The van der Waals surface area contributed by atoms with Gasteiger partial charge in [0.2, 0.25) is 5.96 Å². The van der Waals surface area contributed by atoms with Crippen molar-refractivity contribution in [2.75, 3.05) is 12.4 Å². The molecule has 0 amide bonds. The van der Waals surface area contributed by atoms with Crippen molar-refractivity contribution in [1.82, 2.24) is 10.6 Å². The monoisotopic (exact) mass is 221 g/mol. The molecule has 1 unspecified atom stereocenters. The maximum Gasteiger partial charge on any atom is 0.207 e. The Morgan fingerprint density at radius 3 is 2.69 bits per heavy atom. The Hall–Kier alpha value is -1.98. The molecule has 0 bridgehead atoms. The largest absolute Gasteiger partial charge is 0.446 e. The van der Waals surface area contributed by atoms with E-state index in [9.17, 15) is 0 Å². The Kier molecular flexibility index (Phi) is 2.80. The second kappa shape index (κ2) is 4.26. The standard InChI is InChI=1S/C10H15N5O/c1-6-4-5-8(16-6)14-10-13-7(2)12-9(11-3)15-10/h4-5,7H,1-3H3,(H3,11,12,13,14,15). The topological polar surface area (TPSA) is 74.0 Å². The lowest BCUT2D eigenvalue weighted by Crippen LogP contribution is -2.46. The van der Waals surface area contributed by atoms with Gasteiger partial charge in [0.15, 0.2) is 11.8 Å². The normalized spacial score (nSPS) is 19.6. The van der Waals surface area contributed by atoms with E-state index in [4.69, 9.17) is 4.42 Å². The van der Waals surface area contributed by atoms with Gasteiger partial charge in [0.1, 0.15) is 11.9 Å². The molecular formula is C10H15N5O. The maximum absolute atomic E-state index is 5.40. The first kappa shape index (κ1) is 10.5. The summed E-state index contributed by atoms with van der Waals surface area (Å²) in [6, 6.07) is 3.75. The van der Waals surface area contributed by atoms with Crippen LogP contribution in [0.25, 0.3) is 0 Å². The fourth-order valence-corrected chi connectivity index (χ4v) is 1.39. The second-order valence-corrected chi connectivity index (χ2v) is 3.50. The Morgan fingerprint density at radius 2 is 2.06 bits per heavy atom. The first-order chi connectivity index (χ1) is 7.67. The van der Waals surface area contributed by atoms with E-state index in [1.807, 2.05) is 26.0 Å². The summed E-state index contributed by atoms with van der Waals surface area (Å²) in [5, 5.41) is 9.00. The average Bonchev–Trinajstić information content (AvgIpc) is 2.63. The Bertz CT molecular complexity index is 434. The van der Waals surface area contributed by atoms with E-state index in [1.165, 1.54) is 0 Å². The minimum Gasteiger partial charge on any atom is -0.446 e. The molecule has 6 nitrogen and oxygen atoms in total. The number of anilines is 1. The van der Waals surface area contributed by atoms with Crippen molar-refractivity contribution in [2.45, 2.75) is 20.0 Å².